The molecule has 1 amide bonds. The van der Waals surface area contributed by atoms with E-state index in [1.807, 2.05) is 50.3 Å². The molecule has 0 N–H and O–H groups in total. The second kappa shape index (κ2) is 4.78. The highest BCUT2D eigenvalue weighted by molar-refractivity contribution is 5.96. The molecule has 0 unspecified atom stereocenters. The molecule has 0 fully saturated rings. The van der Waals surface area contributed by atoms with Crippen molar-refractivity contribution in [2.24, 2.45) is 5.41 Å². The summed E-state index contributed by atoms with van der Waals surface area (Å²) in [5, 5.41) is 1.37. The molecule has 0 bridgehead atoms. The molecule has 1 aliphatic rings. The maximum Gasteiger partial charge on any atom is 0.260 e. The number of carbonyl (C=O) groups excluding carboxylic acids is 1. The molecule has 0 radical (unpaired) electrons. The van der Waals surface area contributed by atoms with E-state index < -0.39 is 5.41 Å². The van der Waals surface area contributed by atoms with Gasteiger partial charge in [-0.2, -0.15) is 5.06 Å². The number of amides is 1. The largest absolute Gasteiger partial charge is 0.271 e. The molecule has 1 aromatic rings. The SMILES string of the molecule is C=CCON1C(=O)C(C)(C)C=C1c1ccccc1. The first-order valence-electron chi connectivity index (χ1n) is 5.93. The summed E-state index contributed by atoms with van der Waals surface area (Å²) in [5.41, 5.74) is 1.24. The smallest absolute Gasteiger partial charge is 0.260 e. The van der Waals surface area contributed by atoms with Gasteiger partial charge >= 0.3 is 0 Å². The third-order valence-electron chi connectivity index (χ3n) is 2.84. The molecule has 0 saturated carbocycles. The van der Waals surface area contributed by atoms with Crippen LogP contribution in [0.3, 0.4) is 0 Å². The van der Waals surface area contributed by atoms with E-state index in [9.17, 15) is 4.79 Å². The van der Waals surface area contributed by atoms with Crippen LogP contribution in [-0.2, 0) is 9.63 Å². The van der Waals surface area contributed by atoms with Gasteiger partial charge in [-0.1, -0.05) is 36.4 Å². The molecule has 1 aromatic carbocycles. The highest BCUT2D eigenvalue weighted by Crippen LogP contribution is 2.37. The van der Waals surface area contributed by atoms with Gasteiger partial charge < -0.3 is 0 Å². The summed E-state index contributed by atoms with van der Waals surface area (Å²) in [7, 11) is 0. The average Bonchev–Trinajstić information content (AvgIpc) is 2.60. The van der Waals surface area contributed by atoms with E-state index in [2.05, 4.69) is 6.58 Å². The topological polar surface area (TPSA) is 29.5 Å². The maximum atomic E-state index is 12.2. The number of hydroxylamine groups is 2. The monoisotopic (exact) mass is 243 g/mol. The Morgan fingerprint density at radius 1 is 1.33 bits per heavy atom. The lowest BCUT2D eigenvalue weighted by Crippen LogP contribution is -2.32. The average molecular weight is 243 g/mol. The van der Waals surface area contributed by atoms with Crippen LogP contribution in [-0.4, -0.2) is 17.6 Å². The van der Waals surface area contributed by atoms with Crippen LogP contribution in [0.5, 0.6) is 0 Å². The van der Waals surface area contributed by atoms with Gasteiger partial charge in [0.15, 0.2) is 0 Å². The minimum absolute atomic E-state index is 0.0526. The molecule has 94 valence electrons. The van der Waals surface area contributed by atoms with Crippen LogP contribution in [0.4, 0.5) is 0 Å². The predicted octanol–water partition coefficient (Wildman–Crippen LogP) is 3.01. The molecule has 18 heavy (non-hydrogen) atoms. The standard InChI is InChI=1S/C15H17NO2/c1-4-10-18-16-13(11-15(2,3)14(16)17)12-8-6-5-7-9-12/h4-9,11H,1,10H2,2-3H3. The molecule has 3 nitrogen and oxygen atoms in total. The van der Waals surface area contributed by atoms with Crippen LogP contribution >= 0.6 is 0 Å². The molecule has 0 saturated heterocycles. The Morgan fingerprint density at radius 2 is 2.00 bits per heavy atom. The second-order valence-electron chi connectivity index (χ2n) is 4.80. The Balaban J connectivity index is 2.36. The van der Waals surface area contributed by atoms with Crippen LogP contribution in [0.15, 0.2) is 49.1 Å². The highest BCUT2D eigenvalue weighted by atomic mass is 16.7. The van der Waals surface area contributed by atoms with Gasteiger partial charge in [-0.05, 0) is 19.9 Å². The predicted molar refractivity (Wildman–Crippen MR) is 71.2 cm³/mol. The molecule has 0 atom stereocenters. The molecular weight excluding hydrogens is 226 g/mol. The molecule has 0 aromatic heterocycles. The summed E-state index contributed by atoms with van der Waals surface area (Å²) >= 11 is 0. The van der Waals surface area contributed by atoms with Crippen molar-refractivity contribution in [3.8, 4) is 0 Å². The lowest BCUT2D eigenvalue weighted by Gasteiger charge is -2.21. The van der Waals surface area contributed by atoms with Gasteiger partial charge in [0.1, 0.15) is 0 Å². The van der Waals surface area contributed by atoms with E-state index in [0.29, 0.717) is 6.61 Å². The minimum atomic E-state index is -0.535. The summed E-state index contributed by atoms with van der Waals surface area (Å²) in [5.74, 6) is -0.0526. The number of benzene rings is 1. The summed E-state index contributed by atoms with van der Waals surface area (Å²) in [6, 6.07) is 9.76. The van der Waals surface area contributed by atoms with Crippen LogP contribution in [0.2, 0.25) is 0 Å². The Labute approximate surface area is 107 Å². The van der Waals surface area contributed by atoms with Crippen LogP contribution in [0.25, 0.3) is 5.70 Å². The van der Waals surface area contributed by atoms with Gasteiger partial charge in [-0.25, -0.2) is 0 Å². The third kappa shape index (κ3) is 2.22. The van der Waals surface area contributed by atoms with Gasteiger partial charge in [0.2, 0.25) is 0 Å². The zero-order valence-electron chi connectivity index (χ0n) is 10.7. The Bertz CT molecular complexity index is 488. The van der Waals surface area contributed by atoms with Crippen LogP contribution in [0, 0.1) is 5.41 Å². The molecule has 0 aliphatic carbocycles. The summed E-state index contributed by atoms with van der Waals surface area (Å²) in [6.45, 7) is 7.68. The Morgan fingerprint density at radius 3 is 2.61 bits per heavy atom. The number of nitrogens with zero attached hydrogens (tertiary/aromatic N) is 1. The van der Waals surface area contributed by atoms with Crippen molar-refractivity contribution < 1.29 is 9.63 Å². The molecule has 3 heteroatoms. The first-order valence-corrected chi connectivity index (χ1v) is 5.93. The van der Waals surface area contributed by atoms with Gasteiger partial charge in [-0.15, -0.1) is 6.58 Å². The zero-order valence-corrected chi connectivity index (χ0v) is 10.7. The summed E-state index contributed by atoms with van der Waals surface area (Å²) in [4.78, 5) is 17.7. The molecule has 1 heterocycles. The van der Waals surface area contributed by atoms with E-state index in [1.165, 1.54) is 5.06 Å². The van der Waals surface area contributed by atoms with Crippen molar-refractivity contribution in [2.45, 2.75) is 13.8 Å². The van der Waals surface area contributed by atoms with E-state index in [-0.39, 0.29) is 5.91 Å². The molecule has 0 spiro atoms. The van der Waals surface area contributed by atoms with E-state index >= 15 is 0 Å². The number of carbonyl (C=O) groups is 1. The lowest BCUT2D eigenvalue weighted by atomic mass is 9.94. The van der Waals surface area contributed by atoms with Crippen molar-refractivity contribution in [2.75, 3.05) is 6.61 Å². The van der Waals surface area contributed by atoms with Gasteiger partial charge in [-0.3, -0.25) is 9.63 Å². The van der Waals surface area contributed by atoms with E-state index in [0.717, 1.165) is 11.3 Å². The fourth-order valence-electron chi connectivity index (χ4n) is 1.90. The van der Waals surface area contributed by atoms with Gasteiger partial charge in [0, 0.05) is 5.56 Å². The van der Waals surface area contributed by atoms with Crippen molar-refractivity contribution >= 4 is 11.6 Å². The number of hydrogen-bond donors (Lipinski definition) is 0. The number of rotatable bonds is 4. The minimum Gasteiger partial charge on any atom is -0.271 e. The summed E-state index contributed by atoms with van der Waals surface area (Å²) < 4.78 is 0. The van der Waals surface area contributed by atoms with Gasteiger partial charge in [0.25, 0.3) is 5.91 Å². The Kier molecular flexibility index (Phi) is 3.34. The quantitative estimate of drug-likeness (QED) is 0.761. The van der Waals surface area contributed by atoms with Crippen molar-refractivity contribution in [3.63, 3.8) is 0 Å². The molecule has 1 aliphatic heterocycles. The normalized spacial score (nSPS) is 17.8. The highest BCUT2D eigenvalue weighted by Gasteiger charge is 2.40. The summed E-state index contributed by atoms with van der Waals surface area (Å²) in [6.07, 6.45) is 3.56. The van der Waals surface area contributed by atoms with Crippen LogP contribution < -0.4 is 0 Å². The fourth-order valence-corrected chi connectivity index (χ4v) is 1.90. The van der Waals surface area contributed by atoms with E-state index in [4.69, 9.17) is 4.84 Å². The third-order valence-corrected chi connectivity index (χ3v) is 2.84. The number of hydrogen-bond acceptors (Lipinski definition) is 2. The second-order valence-corrected chi connectivity index (χ2v) is 4.80. The maximum absolute atomic E-state index is 12.2. The lowest BCUT2D eigenvalue weighted by molar-refractivity contribution is -0.167. The fraction of sp³-hybridized carbons (Fsp3) is 0.267. The van der Waals surface area contributed by atoms with Crippen LogP contribution in [0.1, 0.15) is 19.4 Å². The first-order chi connectivity index (χ1) is 8.56. The Hall–Kier alpha value is -1.87. The van der Waals surface area contributed by atoms with Crippen molar-refractivity contribution in [3.05, 3.63) is 54.6 Å². The van der Waals surface area contributed by atoms with Gasteiger partial charge in [0.05, 0.1) is 17.7 Å². The molecule has 2 rings (SSSR count). The first kappa shape index (κ1) is 12.6. The van der Waals surface area contributed by atoms with E-state index in [1.54, 1.807) is 6.08 Å². The van der Waals surface area contributed by atoms with Crippen molar-refractivity contribution in [1.82, 2.24) is 5.06 Å². The zero-order chi connectivity index (χ0) is 13.2. The molecular formula is C15H17NO2. The van der Waals surface area contributed by atoms with Crippen molar-refractivity contribution in [1.29, 1.82) is 0 Å².